The summed E-state index contributed by atoms with van der Waals surface area (Å²) in [5.74, 6) is 2.24. The lowest BCUT2D eigenvalue weighted by Crippen LogP contribution is -2.44. The van der Waals surface area contributed by atoms with Crippen LogP contribution in [0.3, 0.4) is 0 Å². The van der Waals surface area contributed by atoms with Crippen molar-refractivity contribution in [3.63, 3.8) is 0 Å². The Balaban J connectivity index is 0.938. The average Bonchev–Trinajstić information content (AvgIpc) is 4.16. The van der Waals surface area contributed by atoms with Crippen LogP contribution in [0, 0.1) is 0 Å². The van der Waals surface area contributed by atoms with Crippen molar-refractivity contribution >= 4 is 24.0 Å². The molecule has 4 aromatic carbocycles. The molecule has 3 aliphatic rings. The fourth-order valence-corrected chi connectivity index (χ4v) is 9.32. The predicted molar refractivity (Wildman–Crippen MR) is 248 cm³/mol. The minimum absolute atomic E-state index is 0.180. The first-order valence-electron chi connectivity index (χ1n) is 22.9. The maximum Gasteiger partial charge on any atom is 0.408 e. The van der Waals surface area contributed by atoms with Gasteiger partial charge in [0.15, 0.2) is 0 Å². The summed E-state index contributed by atoms with van der Waals surface area (Å²) in [6, 6.07) is 23.9. The molecule has 2 aromatic heterocycles. The molecule has 5 heterocycles. The molecule has 67 heavy (non-hydrogen) atoms. The van der Waals surface area contributed by atoms with Crippen molar-refractivity contribution in [2.75, 3.05) is 26.3 Å². The smallest absolute Gasteiger partial charge is 0.408 e. The molecule has 4 N–H and O–H groups in total. The van der Waals surface area contributed by atoms with Gasteiger partial charge in [0, 0.05) is 46.5 Å². The van der Waals surface area contributed by atoms with Crippen molar-refractivity contribution < 1.29 is 38.1 Å². The first-order valence-corrected chi connectivity index (χ1v) is 22.9. The van der Waals surface area contributed by atoms with E-state index >= 15 is 0 Å². The minimum atomic E-state index is -0.946. The Morgan fingerprint density at radius 2 is 1.31 bits per heavy atom. The van der Waals surface area contributed by atoms with Crippen LogP contribution in [0.15, 0.2) is 97.3 Å². The number of nitrogens with one attached hydrogen (secondary N) is 4. The first kappa shape index (κ1) is 44.6. The van der Waals surface area contributed by atoms with Crippen molar-refractivity contribution in [3.8, 4) is 45.1 Å². The maximum atomic E-state index is 14.3. The van der Waals surface area contributed by atoms with Crippen molar-refractivity contribution in [2.45, 2.75) is 84.3 Å². The third kappa shape index (κ3) is 9.03. The third-order valence-electron chi connectivity index (χ3n) is 12.5. The van der Waals surface area contributed by atoms with Crippen molar-refractivity contribution in [3.05, 3.63) is 131 Å². The summed E-state index contributed by atoms with van der Waals surface area (Å²) in [4.78, 5) is 73.6. The van der Waals surface area contributed by atoms with E-state index in [1.807, 2.05) is 86.6 Å². The summed E-state index contributed by atoms with van der Waals surface area (Å²) in [6.07, 6.45) is 4.44. The van der Waals surface area contributed by atoms with Gasteiger partial charge >= 0.3 is 12.2 Å². The summed E-state index contributed by atoms with van der Waals surface area (Å²) in [5, 5.41) is 5.54. The molecular weight excluding hydrogens is 853 g/mol. The highest BCUT2D eigenvalue weighted by molar-refractivity contribution is 5.90. The van der Waals surface area contributed by atoms with Gasteiger partial charge in [-0.15, -0.1) is 0 Å². The van der Waals surface area contributed by atoms with Crippen LogP contribution in [0.5, 0.6) is 11.5 Å². The van der Waals surface area contributed by atoms with Gasteiger partial charge in [0.25, 0.3) is 11.8 Å². The quantitative estimate of drug-likeness (QED) is 0.0774. The number of nitrogens with zero attached hydrogens (tertiary/aromatic N) is 4. The summed E-state index contributed by atoms with van der Waals surface area (Å²) in [6.45, 7) is 9.34. The van der Waals surface area contributed by atoms with Gasteiger partial charge in [-0.1, -0.05) is 67.6 Å². The topological polar surface area (TPSA) is 193 Å². The Labute approximate surface area is 388 Å². The molecule has 0 saturated carbocycles. The number of benzene rings is 4. The number of rotatable bonds is 15. The van der Waals surface area contributed by atoms with E-state index < -0.39 is 30.3 Å². The summed E-state index contributed by atoms with van der Waals surface area (Å²) in [7, 11) is 0. The van der Waals surface area contributed by atoms with Crippen LogP contribution >= 0.6 is 0 Å². The number of alkyl carbamates (subject to hydrolysis) is 2. The first-order chi connectivity index (χ1) is 32.6. The van der Waals surface area contributed by atoms with Crippen LogP contribution in [0.1, 0.15) is 105 Å². The van der Waals surface area contributed by atoms with Crippen LogP contribution in [0.2, 0.25) is 0 Å². The zero-order valence-electron chi connectivity index (χ0n) is 38.0. The molecular formula is C51H54N8O8. The Morgan fingerprint density at radius 1 is 0.761 bits per heavy atom. The number of imidazole rings is 2. The average molecular weight is 907 g/mol. The summed E-state index contributed by atoms with van der Waals surface area (Å²) in [5.41, 5.74) is 8.52. The van der Waals surface area contributed by atoms with Crippen LogP contribution in [0.25, 0.3) is 33.6 Å². The largest absolute Gasteiger partial charge is 0.488 e. The number of amides is 4. The fourth-order valence-electron chi connectivity index (χ4n) is 9.32. The van der Waals surface area contributed by atoms with E-state index in [1.165, 1.54) is 0 Å². The second-order valence-electron chi connectivity index (χ2n) is 16.8. The molecule has 0 aliphatic carbocycles. The van der Waals surface area contributed by atoms with E-state index in [0.717, 1.165) is 69.1 Å². The third-order valence-corrected chi connectivity index (χ3v) is 12.5. The van der Waals surface area contributed by atoms with Crippen LogP contribution < -0.4 is 20.1 Å². The van der Waals surface area contributed by atoms with E-state index in [2.05, 4.69) is 32.7 Å². The predicted octanol–water partition coefficient (Wildman–Crippen LogP) is 8.86. The summed E-state index contributed by atoms with van der Waals surface area (Å²) >= 11 is 0. The highest BCUT2D eigenvalue weighted by Gasteiger charge is 2.38. The van der Waals surface area contributed by atoms with Crippen molar-refractivity contribution in [1.82, 2.24) is 40.4 Å². The number of hydrogen-bond acceptors (Lipinski definition) is 10. The minimum Gasteiger partial charge on any atom is -0.488 e. The Hall–Kier alpha value is -7.62. The van der Waals surface area contributed by atoms with Crippen molar-refractivity contribution in [2.24, 2.45) is 0 Å². The Bertz CT molecular complexity index is 2720. The molecule has 16 nitrogen and oxygen atoms in total. The monoisotopic (exact) mass is 906 g/mol. The second-order valence-corrected chi connectivity index (χ2v) is 16.8. The van der Waals surface area contributed by atoms with Crippen LogP contribution in [0.4, 0.5) is 9.59 Å². The lowest BCUT2D eigenvalue weighted by molar-refractivity contribution is -0.136. The zero-order chi connectivity index (χ0) is 46.6. The van der Waals surface area contributed by atoms with Gasteiger partial charge in [0.1, 0.15) is 48.4 Å². The number of carbonyl (C=O) groups excluding carboxylic acids is 4. The number of hydrogen-bond donors (Lipinski definition) is 4. The number of ether oxygens (including phenoxy) is 4. The molecule has 346 valence electrons. The number of likely N-dealkylation sites (tertiary alicyclic amines) is 1. The SMILES string of the molecule is CCCN(C(=O)[C@H](NC(=O)OCC)c1ccccc1)[C@@H](C)c1ncc(-c2cc3c4c(c2)OCc2cc(-c5cnc([C@@H]6CCCN6C(=O)[C@H](NC(=O)OCC)c6ccccc6)[nH]5)cc(c2-4)OC3)[nH]1. The number of aromatic nitrogens is 4. The van der Waals surface area contributed by atoms with Crippen LogP contribution in [-0.4, -0.2) is 80.0 Å². The van der Waals surface area contributed by atoms with E-state index in [0.29, 0.717) is 55.5 Å². The lowest BCUT2D eigenvalue weighted by atomic mass is 9.87. The Morgan fingerprint density at radius 3 is 1.90 bits per heavy atom. The molecule has 16 heteroatoms. The number of H-pyrrole nitrogens is 2. The molecule has 3 aliphatic heterocycles. The fraction of sp³-hybridized carbons (Fsp3) is 0.333. The normalized spacial score (nSPS) is 15.8. The molecule has 1 saturated heterocycles. The molecule has 6 aromatic rings. The maximum absolute atomic E-state index is 14.3. The summed E-state index contributed by atoms with van der Waals surface area (Å²) < 4.78 is 23.3. The van der Waals surface area contributed by atoms with E-state index in [9.17, 15) is 19.2 Å². The standard InChI is InChI=1S/C51H54N8O8/c1-5-20-58(48(60)44(56-50(62)64-6-2)31-15-10-8-11-16-31)30(4)46-52-26-37(54-46)33-22-35-28-67-41-25-34(23-36-29-66-40(24-33)42(35)43(36)41)38-27-53-47(55-38)39-19-14-21-59(39)49(61)45(57-51(63)65-7-3)32-17-12-9-13-18-32/h8-13,15-18,22-27,30,39,44-45H,5-7,14,19-21,28-29H2,1-4H3,(H,52,54)(H,53,55)(H,56,62)(H,57,63)/t30-,39-,44+,45+/m0/s1. The molecule has 0 bridgehead atoms. The lowest BCUT2D eigenvalue weighted by Gasteiger charge is -2.32. The van der Waals surface area contributed by atoms with Gasteiger partial charge in [-0.25, -0.2) is 19.6 Å². The molecule has 4 amide bonds. The van der Waals surface area contributed by atoms with E-state index in [-0.39, 0.29) is 31.1 Å². The molecule has 1 fully saturated rings. The zero-order valence-corrected chi connectivity index (χ0v) is 38.0. The molecule has 4 atom stereocenters. The molecule has 0 radical (unpaired) electrons. The van der Waals surface area contributed by atoms with Gasteiger partial charge < -0.3 is 49.3 Å². The van der Waals surface area contributed by atoms with Gasteiger partial charge in [-0.2, -0.15) is 0 Å². The highest BCUT2D eigenvalue weighted by atomic mass is 16.6. The highest BCUT2D eigenvalue weighted by Crippen LogP contribution is 2.51. The molecule has 0 spiro atoms. The van der Waals surface area contributed by atoms with Crippen molar-refractivity contribution in [1.29, 1.82) is 0 Å². The Kier molecular flexibility index (Phi) is 12.9. The van der Waals surface area contributed by atoms with Gasteiger partial charge in [0.2, 0.25) is 0 Å². The van der Waals surface area contributed by atoms with Gasteiger partial charge in [0.05, 0.1) is 49.1 Å². The number of carbonyl (C=O) groups is 4. The van der Waals surface area contributed by atoms with Gasteiger partial charge in [-0.3, -0.25) is 9.59 Å². The van der Waals surface area contributed by atoms with Gasteiger partial charge in [-0.05, 0) is 75.4 Å². The van der Waals surface area contributed by atoms with E-state index in [1.54, 1.807) is 36.0 Å². The van der Waals surface area contributed by atoms with Crippen LogP contribution in [-0.2, 0) is 32.3 Å². The molecule has 9 rings (SSSR count). The van der Waals surface area contributed by atoms with E-state index in [4.69, 9.17) is 28.9 Å². The second kappa shape index (κ2) is 19.5. The molecule has 0 unspecified atom stereocenters. The number of aromatic amines is 2.